The number of aryl methyl sites for hydroxylation is 1. The van der Waals surface area contributed by atoms with Gasteiger partial charge in [-0.1, -0.05) is 25.1 Å². The van der Waals surface area contributed by atoms with E-state index in [1.165, 1.54) is 0 Å². The van der Waals surface area contributed by atoms with E-state index in [9.17, 15) is 8.42 Å². The number of aromatic nitrogens is 2. The highest BCUT2D eigenvalue weighted by atomic mass is 32.2. The molecule has 3 aromatic rings. The van der Waals surface area contributed by atoms with Crippen molar-refractivity contribution in [3.05, 3.63) is 60.0 Å². The first-order valence-electron chi connectivity index (χ1n) is 8.07. The third-order valence-corrected chi connectivity index (χ3v) is 5.26. The second-order valence-electron chi connectivity index (χ2n) is 5.55. The summed E-state index contributed by atoms with van der Waals surface area (Å²) in [6.45, 7) is 1.92. The number of ether oxygens (including phenoxy) is 1. The number of sulfonamides is 1. The standard InChI is InChI=1S/C18H19N3O4S/c1-3-13-7-9-16(10-8-13)26(22,23)19-12-17-20-21-18(25-17)14-5-4-6-15(11-14)24-2/h4-11,19H,3,12H2,1-2H3. The minimum Gasteiger partial charge on any atom is -0.497 e. The van der Waals surface area contributed by atoms with Crippen molar-refractivity contribution in [2.75, 3.05) is 7.11 Å². The lowest BCUT2D eigenvalue weighted by Crippen LogP contribution is -2.23. The van der Waals surface area contributed by atoms with Crippen LogP contribution in [0.2, 0.25) is 0 Å². The van der Waals surface area contributed by atoms with E-state index in [2.05, 4.69) is 14.9 Å². The normalized spacial score (nSPS) is 11.5. The molecule has 1 aromatic heterocycles. The summed E-state index contributed by atoms with van der Waals surface area (Å²) in [6.07, 6.45) is 0.850. The molecule has 0 bridgehead atoms. The lowest BCUT2D eigenvalue weighted by atomic mass is 10.2. The molecule has 0 aliphatic heterocycles. The molecule has 2 aromatic carbocycles. The van der Waals surface area contributed by atoms with Crippen molar-refractivity contribution in [2.45, 2.75) is 24.8 Å². The molecule has 136 valence electrons. The highest BCUT2D eigenvalue weighted by Gasteiger charge is 2.16. The summed E-state index contributed by atoms with van der Waals surface area (Å²) in [7, 11) is -2.08. The number of nitrogens with zero attached hydrogens (tertiary/aromatic N) is 2. The number of nitrogens with one attached hydrogen (secondary N) is 1. The van der Waals surface area contributed by atoms with Crippen LogP contribution in [0.15, 0.2) is 57.8 Å². The maximum absolute atomic E-state index is 12.3. The Balaban J connectivity index is 1.70. The van der Waals surface area contributed by atoms with Gasteiger partial charge in [-0.25, -0.2) is 13.1 Å². The summed E-state index contributed by atoms with van der Waals surface area (Å²) < 4.78 is 37.9. The predicted molar refractivity (Wildman–Crippen MR) is 96.1 cm³/mol. The fourth-order valence-corrected chi connectivity index (χ4v) is 3.32. The zero-order valence-electron chi connectivity index (χ0n) is 14.5. The van der Waals surface area contributed by atoms with Gasteiger partial charge in [0.05, 0.1) is 18.6 Å². The Morgan fingerprint density at radius 3 is 2.58 bits per heavy atom. The third kappa shape index (κ3) is 4.09. The van der Waals surface area contributed by atoms with Crippen molar-refractivity contribution in [1.82, 2.24) is 14.9 Å². The summed E-state index contributed by atoms with van der Waals surface area (Å²) in [4.78, 5) is 0.197. The second kappa shape index (κ2) is 7.67. The third-order valence-electron chi connectivity index (χ3n) is 3.84. The van der Waals surface area contributed by atoms with Crippen molar-refractivity contribution in [3.63, 3.8) is 0 Å². The van der Waals surface area contributed by atoms with Crippen molar-refractivity contribution < 1.29 is 17.6 Å². The Morgan fingerprint density at radius 1 is 1.12 bits per heavy atom. The lowest BCUT2D eigenvalue weighted by molar-refractivity contribution is 0.414. The molecule has 0 atom stereocenters. The monoisotopic (exact) mass is 373 g/mol. The maximum Gasteiger partial charge on any atom is 0.247 e. The number of hydrogen-bond acceptors (Lipinski definition) is 6. The van der Waals surface area contributed by atoms with E-state index in [-0.39, 0.29) is 17.3 Å². The molecule has 26 heavy (non-hydrogen) atoms. The fraction of sp³-hybridized carbons (Fsp3) is 0.222. The van der Waals surface area contributed by atoms with Crippen LogP contribution in [0.5, 0.6) is 5.75 Å². The SMILES string of the molecule is CCc1ccc(S(=O)(=O)NCc2nnc(-c3cccc(OC)c3)o2)cc1. The van der Waals surface area contributed by atoms with E-state index in [4.69, 9.17) is 9.15 Å². The molecule has 0 fully saturated rings. The van der Waals surface area contributed by atoms with E-state index < -0.39 is 10.0 Å². The van der Waals surface area contributed by atoms with Crippen LogP contribution in [0.3, 0.4) is 0 Å². The van der Waals surface area contributed by atoms with Crippen LogP contribution < -0.4 is 9.46 Å². The first kappa shape index (κ1) is 18.1. The first-order chi connectivity index (χ1) is 12.5. The summed E-state index contributed by atoms with van der Waals surface area (Å²) in [5.74, 6) is 1.14. The molecule has 0 saturated heterocycles. The van der Waals surface area contributed by atoms with Gasteiger partial charge in [0.15, 0.2) is 0 Å². The van der Waals surface area contributed by atoms with Crippen molar-refractivity contribution in [1.29, 1.82) is 0 Å². The molecule has 0 spiro atoms. The molecular weight excluding hydrogens is 354 g/mol. The predicted octanol–water partition coefficient (Wildman–Crippen LogP) is 2.79. The van der Waals surface area contributed by atoms with E-state index in [1.54, 1.807) is 55.6 Å². The van der Waals surface area contributed by atoms with Crippen molar-refractivity contribution in [3.8, 4) is 17.2 Å². The number of methoxy groups -OCH3 is 1. The van der Waals surface area contributed by atoms with Gasteiger partial charge in [-0.05, 0) is 42.3 Å². The Kier molecular flexibility index (Phi) is 5.34. The van der Waals surface area contributed by atoms with Crippen LogP contribution in [0.1, 0.15) is 18.4 Å². The molecule has 3 rings (SSSR count). The summed E-state index contributed by atoms with van der Waals surface area (Å²) in [6, 6.07) is 13.9. The summed E-state index contributed by atoms with van der Waals surface area (Å²) >= 11 is 0. The summed E-state index contributed by atoms with van der Waals surface area (Å²) in [5, 5.41) is 7.84. The average molecular weight is 373 g/mol. The van der Waals surface area contributed by atoms with Crippen molar-refractivity contribution >= 4 is 10.0 Å². The largest absolute Gasteiger partial charge is 0.497 e. The van der Waals surface area contributed by atoms with Crippen LogP contribution in [-0.4, -0.2) is 25.7 Å². The van der Waals surface area contributed by atoms with Gasteiger partial charge in [0, 0.05) is 5.56 Å². The quantitative estimate of drug-likeness (QED) is 0.684. The van der Waals surface area contributed by atoms with E-state index in [0.717, 1.165) is 12.0 Å². The van der Waals surface area contributed by atoms with Crippen LogP contribution in [0.4, 0.5) is 0 Å². The Bertz CT molecular complexity index is 982. The van der Waals surface area contributed by atoms with Crippen LogP contribution in [0.25, 0.3) is 11.5 Å². The molecule has 1 heterocycles. The molecule has 0 saturated carbocycles. The molecule has 0 aliphatic rings. The second-order valence-corrected chi connectivity index (χ2v) is 7.32. The van der Waals surface area contributed by atoms with Gasteiger partial charge in [0.25, 0.3) is 0 Å². The molecule has 7 nitrogen and oxygen atoms in total. The molecule has 0 aliphatic carbocycles. The minimum atomic E-state index is -3.65. The Hall–Kier alpha value is -2.71. The van der Waals surface area contributed by atoms with Gasteiger partial charge in [0.2, 0.25) is 21.8 Å². The van der Waals surface area contributed by atoms with E-state index in [0.29, 0.717) is 17.2 Å². The van der Waals surface area contributed by atoms with Gasteiger partial charge in [-0.2, -0.15) is 0 Å². The van der Waals surface area contributed by atoms with E-state index in [1.807, 2.05) is 6.92 Å². The molecular formula is C18H19N3O4S. The number of benzene rings is 2. The summed E-state index contributed by atoms with van der Waals surface area (Å²) in [5.41, 5.74) is 1.77. The highest BCUT2D eigenvalue weighted by Crippen LogP contribution is 2.22. The molecule has 0 unspecified atom stereocenters. The van der Waals surface area contributed by atoms with Gasteiger partial charge in [0.1, 0.15) is 5.75 Å². The van der Waals surface area contributed by atoms with Gasteiger partial charge < -0.3 is 9.15 Å². The van der Waals surface area contributed by atoms with Gasteiger partial charge in [-0.3, -0.25) is 0 Å². The van der Waals surface area contributed by atoms with Crippen LogP contribution in [0, 0.1) is 0 Å². The number of rotatable bonds is 7. The zero-order valence-corrected chi connectivity index (χ0v) is 15.3. The zero-order chi connectivity index (χ0) is 18.6. The molecule has 1 N–H and O–H groups in total. The van der Waals surface area contributed by atoms with Crippen LogP contribution in [-0.2, 0) is 23.0 Å². The average Bonchev–Trinajstić information content (AvgIpc) is 3.16. The maximum atomic E-state index is 12.3. The van der Waals surface area contributed by atoms with Gasteiger partial charge in [-0.15, -0.1) is 10.2 Å². The highest BCUT2D eigenvalue weighted by molar-refractivity contribution is 7.89. The van der Waals surface area contributed by atoms with Crippen molar-refractivity contribution in [2.24, 2.45) is 0 Å². The fourth-order valence-electron chi connectivity index (χ4n) is 2.34. The lowest BCUT2D eigenvalue weighted by Gasteiger charge is -2.05. The number of hydrogen-bond donors (Lipinski definition) is 1. The van der Waals surface area contributed by atoms with Crippen LogP contribution >= 0.6 is 0 Å². The first-order valence-corrected chi connectivity index (χ1v) is 9.55. The van der Waals surface area contributed by atoms with Gasteiger partial charge >= 0.3 is 0 Å². The Labute approximate surface area is 152 Å². The Morgan fingerprint density at radius 2 is 1.88 bits per heavy atom. The topological polar surface area (TPSA) is 94.3 Å². The molecule has 0 radical (unpaired) electrons. The smallest absolute Gasteiger partial charge is 0.247 e. The molecule has 8 heteroatoms. The molecule has 0 amide bonds. The van der Waals surface area contributed by atoms with E-state index >= 15 is 0 Å². The minimum absolute atomic E-state index is 0.0885.